The quantitative estimate of drug-likeness (QED) is 0.150. The van der Waals surface area contributed by atoms with Crippen LogP contribution in [0.4, 0.5) is 17.6 Å². The molecule has 0 spiro atoms. The lowest BCUT2D eigenvalue weighted by Gasteiger charge is -2.39. The minimum Gasteiger partial charge on any atom is -0.372 e. The Bertz CT molecular complexity index is 2460. The van der Waals surface area contributed by atoms with E-state index in [0.717, 1.165) is 48.5 Å². The maximum atomic E-state index is 17.2. The molecule has 2 aromatic heterocycles. The molecule has 0 unspecified atom stereocenters. The summed E-state index contributed by atoms with van der Waals surface area (Å²) in [6.07, 6.45) is -1.66. The number of fused-ring (bicyclic) bond motifs is 4. The highest BCUT2D eigenvalue weighted by Gasteiger charge is 2.51. The van der Waals surface area contributed by atoms with Gasteiger partial charge in [-0.05, 0) is 86.4 Å². The third-order valence-corrected chi connectivity index (χ3v) is 13.2. The van der Waals surface area contributed by atoms with E-state index in [9.17, 15) is 23.2 Å². The molecule has 13 heteroatoms. The number of nitriles is 1. The molecule has 2 bridgehead atoms. The van der Waals surface area contributed by atoms with Gasteiger partial charge in [0.2, 0.25) is 5.91 Å². The van der Waals surface area contributed by atoms with E-state index < -0.39 is 29.7 Å². The van der Waals surface area contributed by atoms with Crippen LogP contribution in [0.5, 0.6) is 0 Å². The molecule has 5 aliphatic rings. The minimum absolute atomic E-state index is 0.0204. The fourth-order valence-electron chi connectivity index (χ4n) is 9.47. The van der Waals surface area contributed by atoms with Gasteiger partial charge in [-0.1, -0.05) is 47.5 Å². The van der Waals surface area contributed by atoms with Gasteiger partial charge in [-0.2, -0.15) is 18.4 Å². The molecule has 5 heterocycles. The second-order valence-electron chi connectivity index (χ2n) is 15.8. The maximum Gasteiger partial charge on any atom is 0.416 e. The summed E-state index contributed by atoms with van der Waals surface area (Å²) in [5.74, 6) is -0.315. The Morgan fingerprint density at radius 1 is 1.09 bits per heavy atom. The fourth-order valence-corrected chi connectivity index (χ4v) is 9.86. The molecule has 5 aromatic rings. The highest BCUT2D eigenvalue weighted by atomic mass is 35.5. The number of aromatic nitrogens is 2. The van der Waals surface area contributed by atoms with Gasteiger partial charge in [0.25, 0.3) is 0 Å². The van der Waals surface area contributed by atoms with Gasteiger partial charge < -0.3 is 19.5 Å². The Balaban J connectivity index is 1.20. The van der Waals surface area contributed by atoms with Crippen molar-refractivity contribution in [2.75, 3.05) is 13.1 Å². The van der Waals surface area contributed by atoms with Gasteiger partial charge in [0.1, 0.15) is 5.52 Å². The first-order chi connectivity index (χ1) is 26.8. The van der Waals surface area contributed by atoms with Crippen molar-refractivity contribution in [2.45, 2.75) is 89.4 Å². The number of ether oxygens (including phenoxy) is 1. The summed E-state index contributed by atoms with van der Waals surface area (Å²) in [5, 5.41) is 15.2. The van der Waals surface area contributed by atoms with E-state index >= 15 is 4.39 Å². The molecule has 3 aliphatic heterocycles. The van der Waals surface area contributed by atoms with Gasteiger partial charge >= 0.3 is 6.18 Å². The number of hydrogen-bond donors (Lipinski definition) is 1. The normalized spacial score (nSPS) is 23.3. The minimum atomic E-state index is -4.53. The molecule has 3 saturated heterocycles. The second kappa shape index (κ2) is 14.0. The van der Waals surface area contributed by atoms with Crippen molar-refractivity contribution in [3.63, 3.8) is 0 Å². The first kappa shape index (κ1) is 37.4. The highest BCUT2D eigenvalue weighted by Crippen LogP contribution is 2.51. The first-order valence-corrected chi connectivity index (χ1v) is 19.9. The van der Waals surface area contributed by atoms with Crippen molar-refractivity contribution in [1.29, 1.82) is 5.26 Å². The highest BCUT2D eigenvalue weighted by molar-refractivity contribution is 6.43. The molecule has 5 atom stereocenters. The number of nitrogens with one attached hydrogen (secondary N) is 1. The van der Waals surface area contributed by atoms with E-state index in [2.05, 4.69) is 22.0 Å². The van der Waals surface area contributed by atoms with Crippen LogP contribution < -0.4 is 5.32 Å². The van der Waals surface area contributed by atoms with Gasteiger partial charge in [-0.25, -0.2) is 9.37 Å². The number of carbonyl (C=O) groups excluding carboxylic acids is 1. The first-order valence-electron chi connectivity index (χ1n) is 19.1. The number of hydrogen-bond acceptors (Lipinski definition) is 5. The Morgan fingerprint density at radius 3 is 2.57 bits per heavy atom. The van der Waals surface area contributed by atoms with E-state index in [-0.39, 0.29) is 76.6 Å². The molecule has 1 N–H and O–H groups in total. The van der Waals surface area contributed by atoms with Gasteiger partial charge in [0, 0.05) is 71.2 Å². The van der Waals surface area contributed by atoms with Crippen LogP contribution >= 0.6 is 23.2 Å². The number of nitrogens with zero attached hydrogens (tertiary/aromatic N) is 4. The number of rotatable bonds is 9. The zero-order valence-corrected chi connectivity index (χ0v) is 32.3. The number of aryl methyl sites for hydroxylation is 3. The summed E-state index contributed by atoms with van der Waals surface area (Å²) < 4.78 is 67.9. The van der Waals surface area contributed by atoms with Gasteiger partial charge in [-0.3, -0.25) is 4.79 Å². The Hall–Kier alpha value is -4.21. The topological polar surface area (TPSA) is 83.2 Å². The van der Waals surface area contributed by atoms with E-state index in [1.54, 1.807) is 31.2 Å². The van der Waals surface area contributed by atoms with Crippen molar-refractivity contribution in [3.05, 3.63) is 98.0 Å². The van der Waals surface area contributed by atoms with Crippen molar-refractivity contribution in [1.82, 2.24) is 19.8 Å². The number of amides is 1. The SMILES string of the molecule is Cc1cccc(C(F)(F)F)c1CO[C@H]1C[C@H](c2cc3c(C)nc4c(F)c(-c5cccc(Cl)c5Cl)c(CCC#N)cc4c3n2[C@H]2[C@H]3CN[C@@H]2C3)N(C(=O)C2CC2)C1. The summed E-state index contributed by atoms with van der Waals surface area (Å²) in [4.78, 5) is 20.8. The summed E-state index contributed by atoms with van der Waals surface area (Å²) in [6, 6.07) is 15.2. The molecule has 0 radical (unpaired) electrons. The Morgan fingerprint density at radius 2 is 1.88 bits per heavy atom. The number of likely N-dealkylation sites (tertiary alicyclic amines) is 1. The number of alkyl halides is 3. The maximum absolute atomic E-state index is 17.2. The van der Waals surface area contributed by atoms with Gasteiger partial charge in [-0.15, -0.1) is 0 Å². The smallest absolute Gasteiger partial charge is 0.372 e. The van der Waals surface area contributed by atoms with Crippen LogP contribution in [-0.2, 0) is 28.7 Å². The van der Waals surface area contributed by atoms with Crippen LogP contribution in [0.25, 0.3) is 32.9 Å². The Labute approximate surface area is 331 Å². The third-order valence-electron chi connectivity index (χ3n) is 12.4. The molecule has 2 aliphatic carbocycles. The third kappa shape index (κ3) is 6.15. The number of pyridine rings is 1. The molecule has 290 valence electrons. The summed E-state index contributed by atoms with van der Waals surface area (Å²) in [7, 11) is 0. The largest absolute Gasteiger partial charge is 0.416 e. The summed E-state index contributed by atoms with van der Waals surface area (Å²) in [6.45, 7) is 4.34. The van der Waals surface area contributed by atoms with Crippen molar-refractivity contribution >= 4 is 50.9 Å². The summed E-state index contributed by atoms with van der Waals surface area (Å²) in [5.41, 5.74) is 3.62. The van der Waals surface area contributed by atoms with E-state index in [4.69, 9.17) is 32.9 Å². The molecule has 5 fully saturated rings. The van der Waals surface area contributed by atoms with Crippen molar-refractivity contribution in [2.24, 2.45) is 11.8 Å². The lowest BCUT2D eigenvalue weighted by Crippen LogP contribution is -2.41. The van der Waals surface area contributed by atoms with Gasteiger partial charge in [0.05, 0.1) is 52.0 Å². The van der Waals surface area contributed by atoms with Crippen LogP contribution in [0.3, 0.4) is 0 Å². The molecule has 7 nitrogen and oxygen atoms in total. The lowest BCUT2D eigenvalue weighted by atomic mass is 9.79. The number of carbonyl (C=O) groups is 1. The monoisotopic (exact) mass is 803 g/mol. The van der Waals surface area contributed by atoms with Gasteiger partial charge in [0.15, 0.2) is 5.82 Å². The molecule has 10 rings (SSSR count). The molecular formula is C43H39Cl2F4N5O2. The van der Waals surface area contributed by atoms with Crippen LogP contribution in [0, 0.1) is 42.8 Å². The zero-order valence-electron chi connectivity index (χ0n) is 30.8. The second-order valence-corrected chi connectivity index (χ2v) is 16.6. The van der Waals surface area contributed by atoms with E-state index in [1.807, 2.05) is 17.9 Å². The molecule has 56 heavy (non-hydrogen) atoms. The summed E-state index contributed by atoms with van der Waals surface area (Å²) >= 11 is 13.1. The lowest BCUT2D eigenvalue weighted by molar-refractivity contribution is -0.139. The van der Waals surface area contributed by atoms with Crippen molar-refractivity contribution < 1.29 is 27.1 Å². The Kier molecular flexibility index (Phi) is 9.35. The predicted octanol–water partition coefficient (Wildman–Crippen LogP) is 10.2. The van der Waals surface area contributed by atoms with Crippen LogP contribution in [0.2, 0.25) is 10.0 Å². The molecule has 1 amide bonds. The van der Waals surface area contributed by atoms with E-state index in [1.165, 1.54) is 6.07 Å². The van der Waals surface area contributed by atoms with Crippen LogP contribution in [0.15, 0.2) is 48.5 Å². The molecular weight excluding hydrogens is 765 g/mol. The predicted molar refractivity (Wildman–Crippen MR) is 207 cm³/mol. The zero-order chi connectivity index (χ0) is 39.2. The average Bonchev–Trinajstić information content (AvgIpc) is 3.44. The van der Waals surface area contributed by atoms with Crippen molar-refractivity contribution in [3.8, 4) is 17.2 Å². The van der Waals surface area contributed by atoms with Crippen LogP contribution in [0.1, 0.15) is 77.8 Å². The number of halogens is 6. The molecule has 3 aromatic carbocycles. The fraction of sp³-hybridized carbons (Fsp3) is 0.419. The average molecular weight is 805 g/mol. The number of benzene rings is 3. The standard InChI is InChI=1S/C43H39Cl2F4N5O2/c1-21-6-3-9-31(43(47,48)49)30(21)20-56-26-16-34(53(19-26)42(55)23-11-12-23)35-17-28-22(2)52-39-29(41(28)54(35)40-25-15-33(40)51-18-25)14-24(7-5-13-50)36(38(39)46)27-8-4-10-32(44)37(27)45/h3-4,6,8-10,14,17,23,25-26,33-34,40,51H,5,7,11-12,15-16,18-20H2,1-2H3/t25-,26+,33-,34-,40+/m1/s1. The van der Waals surface area contributed by atoms with E-state index in [0.29, 0.717) is 40.1 Å². The van der Waals surface area contributed by atoms with Crippen LogP contribution in [-0.4, -0.2) is 45.6 Å². The molecule has 2 saturated carbocycles.